The standard InChI is InChI=1S/C11H14.CH5N/c1-4-10-6-7-11(5-2)9(3)8-10;1-2/h5-8H,2,4H2,1,3H3;2H2,1H3. The lowest BCUT2D eigenvalue weighted by molar-refractivity contribution is 1.13. The lowest BCUT2D eigenvalue weighted by Crippen LogP contribution is -1.84. The second-order valence-electron chi connectivity index (χ2n) is 2.75. The van der Waals surface area contributed by atoms with E-state index in [0.29, 0.717) is 0 Å². The van der Waals surface area contributed by atoms with Gasteiger partial charge in [-0.1, -0.05) is 37.8 Å². The highest BCUT2D eigenvalue weighted by Crippen LogP contribution is 2.12. The normalized spacial score (nSPS) is 8.62. The highest BCUT2D eigenvalue weighted by atomic mass is 14.4. The van der Waals surface area contributed by atoms with Gasteiger partial charge in [0.2, 0.25) is 0 Å². The average Bonchev–Trinajstić information content (AvgIpc) is 2.20. The van der Waals surface area contributed by atoms with Crippen LogP contribution in [0.4, 0.5) is 0 Å². The summed E-state index contributed by atoms with van der Waals surface area (Å²) in [6, 6.07) is 6.50. The van der Waals surface area contributed by atoms with Crippen LogP contribution in [0.25, 0.3) is 6.08 Å². The molecule has 1 aromatic rings. The summed E-state index contributed by atoms with van der Waals surface area (Å²) >= 11 is 0. The van der Waals surface area contributed by atoms with Gasteiger partial charge in [0.25, 0.3) is 0 Å². The Labute approximate surface area is 81.3 Å². The van der Waals surface area contributed by atoms with Crippen molar-refractivity contribution in [1.82, 2.24) is 0 Å². The lowest BCUT2D eigenvalue weighted by Gasteiger charge is -2.02. The van der Waals surface area contributed by atoms with Crippen LogP contribution in [0.5, 0.6) is 0 Å². The summed E-state index contributed by atoms with van der Waals surface area (Å²) in [7, 11) is 1.50. The molecule has 0 amide bonds. The maximum Gasteiger partial charge on any atom is -0.0195 e. The van der Waals surface area contributed by atoms with Gasteiger partial charge in [0, 0.05) is 0 Å². The molecule has 0 radical (unpaired) electrons. The minimum Gasteiger partial charge on any atom is -0.333 e. The maximum atomic E-state index is 4.50. The highest BCUT2D eigenvalue weighted by Gasteiger charge is 1.93. The summed E-state index contributed by atoms with van der Waals surface area (Å²) in [4.78, 5) is 0. The van der Waals surface area contributed by atoms with Crippen LogP contribution in [-0.2, 0) is 6.42 Å². The van der Waals surface area contributed by atoms with Gasteiger partial charge in [-0.15, -0.1) is 0 Å². The van der Waals surface area contributed by atoms with Gasteiger partial charge in [0.15, 0.2) is 0 Å². The minimum atomic E-state index is 1.11. The molecule has 2 N–H and O–H groups in total. The third-order valence-corrected chi connectivity index (χ3v) is 1.96. The molecule has 0 fully saturated rings. The van der Waals surface area contributed by atoms with Crippen LogP contribution in [0, 0.1) is 6.92 Å². The molecule has 72 valence electrons. The minimum absolute atomic E-state index is 1.11. The second-order valence-corrected chi connectivity index (χ2v) is 2.75. The maximum absolute atomic E-state index is 4.50. The topological polar surface area (TPSA) is 26.0 Å². The second kappa shape index (κ2) is 6.44. The number of rotatable bonds is 2. The van der Waals surface area contributed by atoms with Gasteiger partial charge in [-0.05, 0) is 37.1 Å². The Balaban J connectivity index is 0.000000671. The van der Waals surface area contributed by atoms with Gasteiger partial charge in [0.05, 0.1) is 0 Å². The summed E-state index contributed by atoms with van der Waals surface area (Å²) in [6.07, 6.45) is 3.01. The van der Waals surface area contributed by atoms with Crippen molar-refractivity contribution in [3.05, 3.63) is 41.5 Å². The van der Waals surface area contributed by atoms with E-state index in [1.165, 1.54) is 23.7 Å². The Morgan fingerprint density at radius 2 is 2.00 bits per heavy atom. The molecule has 1 heteroatoms. The van der Waals surface area contributed by atoms with Crippen molar-refractivity contribution in [3.63, 3.8) is 0 Å². The fourth-order valence-corrected chi connectivity index (χ4v) is 1.19. The van der Waals surface area contributed by atoms with Crippen LogP contribution in [-0.4, -0.2) is 7.05 Å². The number of aryl methyl sites for hydroxylation is 2. The van der Waals surface area contributed by atoms with Gasteiger partial charge in [-0.2, -0.15) is 0 Å². The van der Waals surface area contributed by atoms with Crippen LogP contribution in [0.15, 0.2) is 24.8 Å². The fraction of sp³-hybridized carbons (Fsp3) is 0.333. The van der Waals surface area contributed by atoms with E-state index in [9.17, 15) is 0 Å². The van der Waals surface area contributed by atoms with Crippen LogP contribution in [0.3, 0.4) is 0 Å². The van der Waals surface area contributed by atoms with Crippen molar-refractivity contribution in [2.24, 2.45) is 5.73 Å². The van der Waals surface area contributed by atoms with Crippen LogP contribution in [0.2, 0.25) is 0 Å². The van der Waals surface area contributed by atoms with E-state index in [-0.39, 0.29) is 0 Å². The smallest absolute Gasteiger partial charge is 0.0195 e. The van der Waals surface area contributed by atoms with Gasteiger partial charge in [-0.25, -0.2) is 0 Å². The highest BCUT2D eigenvalue weighted by molar-refractivity contribution is 5.52. The molecule has 0 saturated carbocycles. The zero-order valence-corrected chi connectivity index (χ0v) is 8.80. The van der Waals surface area contributed by atoms with Gasteiger partial charge in [-0.3, -0.25) is 0 Å². The van der Waals surface area contributed by atoms with Gasteiger partial charge >= 0.3 is 0 Å². The van der Waals surface area contributed by atoms with Gasteiger partial charge < -0.3 is 5.73 Å². The largest absolute Gasteiger partial charge is 0.333 e. The summed E-state index contributed by atoms with van der Waals surface area (Å²) in [5.74, 6) is 0. The Morgan fingerprint density at radius 1 is 1.38 bits per heavy atom. The SMILES string of the molecule is C=Cc1ccc(CC)cc1C.CN. The molecule has 0 aliphatic heterocycles. The third kappa shape index (κ3) is 3.43. The number of hydrogen-bond acceptors (Lipinski definition) is 1. The predicted molar refractivity (Wildman–Crippen MR) is 60.8 cm³/mol. The summed E-state index contributed by atoms with van der Waals surface area (Å²) in [6.45, 7) is 8.04. The number of benzene rings is 1. The molecule has 1 aromatic carbocycles. The third-order valence-electron chi connectivity index (χ3n) is 1.96. The molecule has 1 nitrogen and oxygen atoms in total. The Hall–Kier alpha value is -1.08. The fourth-order valence-electron chi connectivity index (χ4n) is 1.19. The van der Waals surface area contributed by atoms with Crippen molar-refractivity contribution in [2.75, 3.05) is 7.05 Å². The van der Waals surface area contributed by atoms with Crippen molar-refractivity contribution in [2.45, 2.75) is 20.3 Å². The molecule has 0 aliphatic carbocycles. The Kier molecular flexibility index (Phi) is 5.90. The summed E-state index contributed by atoms with van der Waals surface area (Å²) < 4.78 is 0. The average molecular weight is 177 g/mol. The van der Waals surface area contributed by atoms with E-state index < -0.39 is 0 Å². The van der Waals surface area contributed by atoms with E-state index in [0.717, 1.165) is 6.42 Å². The molecule has 0 unspecified atom stereocenters. The molecule has 0 spiro atoms. The first-order valence-corrected chi connectivity index (χ1v) is 4.57. The van der Waals surface area contributed by atoms with E-state index in [1.807, 2.05) is 6.08 Å². The lowest BCUT2D eigenvalue weighted by atomic mass is 10.0. The predicted octanol–water partition coefficient (Wildman–Crippen LogP) is 2.78. The number of nitrogens with two attached hydrogens (primary N) is 1. The van der Waals surface area contributed by atoms with E-state index >= 15 is 0 Å². The zero-order valence-electron chi connectivity index (χ0n) is 8.80. The molecule has 0 atom stereocenters. The van der Waals surface area contributed by atoms with Crippen molar-refractivity contribution in [1.29, 1.82) is 0 Å². The zero-order chi connectivity index (χ0) is 10.3. The monoisotopic (exact) mass is 177 g/mol. The molecule has 1 rings (SSSR count). The van der Waals surface area contributed by atoms with Gasteiger partial charge in [0.1, 0.15) is 0 Å². The first-order chi connectivity index (χ1) is 6.27. The molecule has 0 saturated heterocycles. The van der Waals surface area contributed by atoms with Crippen LogP contribution in [0.1, 0.15) is 23.6 Å². The van der Waals surface area contributed by atoms with Crippen molar-refractivity contribution in [3.8, 4) is 0 Å². The van der Waals surface area contributed by atoms with Crippen molar-refractivity contribution < 1.29 is 0 Å². The molecule has 13 heavy (non-hydrogen) atoms. The molecule has 0 aromatic heterocycles. The molecule has 0 aliphatic rings. The van der Waals surface area contributed by atoms with Crippen LogP contribution >= 0.6 is 0 Å². The quantitative estimate of drug-likeness (QED) is 0.738. The first-order valence-electron chi connectivity index (χ1n) is 4.57. The van der Waals surface area contributed by atoms with E-state index in [2.05, 4.69) is 44.4 Å². The van der Waals surface area contributed by atoms with Crippen molar-refractivity contribution >= 4 is 6.08 Å². The Bertz CT molecular complexity index is 264. The summed E-state index contributed by atoms with van der Waals surface area (Å²) in [5.41, 5.74) is 8.45. The van der Waals surface area contributed by atoms with E-state index in [1.54, 1.807) is 0 Å². The van der Waals surface area contributed by atoms with Crippen LogP contribution < -0.4 is 5.73 Å². The molecular formula is C12H19N. The first kappa shape index (κ1) is 11.9. The molecule has 0 bridgehead atoms. The van der Waals surface area contributed by atoms with E-state index in [4.69, 9.17) is 0 Å². The molecule has 0 heterocycles. The Morgan fingerprint density at radius 3 is 2.38 bits per heavy atom. The summed E-state index contributed by atoms with van der Waals surface area (Å²) in [5, 5.41) is 0. The molecular weight excluding hydrogens is 158 g/mol. The number of hydrogen-bond donors (Lipinski definition) is 1.